The van der Waals surface area contributed by atoms with Gasteiger partial charge in [-0.3, -0.25) is 4.79 Å². The zero-order valence-electron chi connectivity index (χ0n) is 12.9. The van der Waals surface area contributed by atoms with Gasteiger partial charge in [0.15, 0.2) is 0 Å². The van der Waals surface area contributed by atoms with Crippen LogP contribution in [0.1, 0.15) is 26.2 Å². The maximum atomic E-state index is 12.7. The summed E-state index contributed by atoms with van der Waals surface area (Å²) in [5, 5.41) is 0.639. The first kappa shape index (κ1) is 15.6. The smallest absolute Gasteiger partial charge is 0.254 e. The fourth-order valence-electron chi connectivity index (χ4n) is 3.13. The van der Waals surface area contributed by atoms with Crippen molar-refractivity contribution in [1.29, 1.82) is 0 Å². The Balaban J connectivity index is 1.59. The summed E-state index contributed by atoms with van der Waals surface area (Å²) in [4.78, 5) is 21.2. The number of hydrogen-bond acceptors (Lipinski definition) is 4. The van der Waals surface area contributed by atoms with Crippen molar-refractivity contribution in [3.8, 4) is 0 Å². The van der Waals surface area contributed by atoms with E-state index in [1.807, 2.05) is 24.0 Å². The Morgan fingerprint density at radius 1 is 1.27 bits per heavy atom. The first-order valence-corrected chi connectivity index (χ1v) is 8.26. The Kier molecular flexibility index (Phi) is 4.54. The zero-order valence-corrected chi connectivity index (χ0v) is 13.7. The molecule has 1 atom stereocenters. The molecule has 2 fully saturated rings. The van der Waals surface area contributed by atoms with Crippen molar-refractivity contribution in [1.82, 2.24) is 9.88 Å². The van der Waals surface area contributed by atoms with Gasteiger partial charge in [-0.25, -0.2) is 4.98 Å². The van der Waals surface area contributed by atoms with Crippen molar-refractivity contribution in [2.45, 2.75) is 31.8 Å². The number of carbonyl (C=O) groups excluding carboxylic acids is 1. The van der Waals surface area contributed by atoms with Crippen molar-refractivity contribution in [3.05, 3.63) is 23.4 Å². The molecule has 1 aromatic heterocycles. The summed E-state index contributed by atoms with van der Waals surface area (Å²) >= 11 is 5.87. The number of ether oxygens (including phenoxy) is 1. The van der Waals surface area contributed by atoms with Crippen molar-refractivity contribution in [3.63, 3.8) is 0 Å². The lowest BCUT2D eigenvalue weighted by Gasteiger charge is -2.41. The van der Waals surface area contributed by atoms with Crippen LogP contribution in [0, 0.1) is 0 Å². The molecule has 2 saturated heterocycles. The van der Waals surface area contributed by atoms with E-state index in [1.165, 1.54) is 0 Å². The van der Waals surface area contributed by atoms with Gasteiger partial charge in [-0.2, -0.15) is 0 Å². The van der Waals surface area contributed by atoms with Crippen LogP contribution in [0.2, 0.25) is 5.02 Å². The highest BCUT2D eigenvalue weighted by molar-refractivity contribution is 6.30. The number of rotatable bonds is 2. The number of halogens is 1. The van der Waals surface area contributed by atoms with Crippen LogP contribution in [0.5, 0.6) is 0 Å². The van der Waals surface area contributed by atoms with Gasteiger partial charge >= 0.3 is 0 Å². The molecule has 2 aliphatic rings. The van der Waals surface area contributed by atoms with E-state index in [0.29, 0.717) is 24.7 Å². The van der Waals surface area contributed by atoms with Crippen molar-refractivity contribution in [2.24, 2.45) is 0 Å². The minimum atomic E-state index is -0.626. The Bertz CT molecular complexity index is 521. The molecule has 0 spiro atoms. The monoisotopic (exact) mass is 323 g/mol. The molecule has 6 heteroatoms. The summed E-state index contributed by atoms with van der Waals surface area (Å²) in [7, 11) is 0. The number of amides is 1. The molecular weight excluding hydrogens is 302 g/mol. The summed E-state index contributed by atoms with van der Waals surface area (Å²) in [5.74, 6) is 1.05. The Morgan fingerprint density at radius 3 is 2.64 bits per heavy atom. The van der Waals surface area contributed by atoms with Gasteiger partial charge < -0.3 is 14.5 Å². The molecular formula is C16H22ClN3O2. The van der Waals surface area contributed by atoms with Crippen molar-refractivity contribution >= 4 is 23.3 Å². The molecule has 0 saturated carbocycles. The molecule has 3 heterocycles. The van der Waals surface area contributed by atoms with Crippen LogP contribution < -0.4 is 4.90 Å². The maximum Gasteiger partial charge on any atom is 0.254 e. The summed E-state index contributed by atoms with van der Waals surface area (Å²) < 4.78 is 5.77. The van der Waals surface area contributed by atoms with Crippen LogP contribution in [0.15, 0.2) is 18.3 Å². The van der Waals surface area contributed by atoms with Gasteiger partial charge in [0, 0.05) is 39.0 Å². The third-order valence-corrected chi connectivity index (χ3v) is 4.75. The van der Waals surface area contributed by atoms with Gasteiger partial charge in [-0.1, -0.05) is 11.6 Å². The standard InChI is InChI=1S/C16H22ClN3O2/c1-16(6-2-3-11-22-16)15(21)20-9-7-19(8-10-20)14-5-4-13(17)12-18-14/h4-5,12H,2-3,6-11H2,1H3/t16-/m0/s1. The van der Waals surface area contributed by atoms with Crippen molar-refractivity contribution < 1.29 is 9.53 Å². The van der Waals surface area contributed by atoms with E-state index < -0.39 is 5.60 Å². The van der Waals surface area contributed by atoms with Crippen LogP contribution in [0.3, 0.4) is 0 Å². The molecule has 1 amide bonds. The molecule has 0 radical (unpaired) electrons. The van der Waals surface area contributed by atoms with Crippen LogP contribution >= 0.6 is 11.6 Å². The number of pyridine rings is 1. The molecule has 5 nitrogen and oxygen atoms in total. The van der Waals surface area contributed by atoms with E-state index in [9.17, 15) is 4.79 Å². The number of piperazine rings is 1. The molecule has 0 aliphatic carbocycles. The molecule has 0 N–H and O–H groups in total. The SMILES string of the molecule is C[C@@]1(C(=O)N2CCN(c3ccc(Cl)cn3)CC2)CCCCO1. The quantitative estimate of drug-likeness (QED) is 0.838. The average molecular weight is 324 g/mol. The summed E-state index contributed by atoms with van der Waals surface area (Å²) in [6, 6.07) is 3.77. The second-order valence-electron chi connectivity index (χ2n) is 6.15. The van der Waals surface area contributed by atoms with Gasteiger partial charge in [-0.15, -0.1) is 0 Å². The first-order valence-electron chi connectivity index (χ1n) is 7.88. The van der Waals surface area contributed by atoms with E-state index in [-0.39, 0.29) is 5.91 Å². The zero-order chi connectivity index (χ0) is 15.6. The number of anilines is 1. The van der Waals surface area contributed by atoms with Crippen LogP contribution in [-0.2, 0) is 9.53 Å². The Morgan fingerprint density at radius 2 is 2.05 bits per heavy atom. The predicted molar refractivity (Wildman–Crippen MR) is 86.2 cm³/mol. The highest BCUT2D eigenvalue weighted by atomic mass is 35.5. The van der Waals surface area contributed by atoms with E-state index in [4.69, 9.17) is 16.3 Å². The van der Waals surface area contributed by atoms with Gasteiger partial charge in [0.25, 0.3) is 5.91 Å². The normalized spacial score (nSPS) is 26.1. The third kappa shape index (κ3) is 3.20. The van der Waals surface area contributed by atoms with Crippen LogP contribution in [0.4, 0.5) is 5.82 Å². The van der Waals surface area contributed by atoms with Crippen LogP contribution in [0.25, 0.3) is 0 Å². The van der Waals surface area contributed by atoms with Gasteiger partial charge in [0.1, 0.15) is 11.4 Å². The average Bonchev–Trinajstić information content (AvgIpc) is 2.56. The molecule has 22 heavy (non-hydrogen) atoms. The predicted octanol–water partition coefficient (Wildman–Crippen LogP) is 2.34. The number of aromatic nitrogens is 1. The summed E-state index contributed by atoms with van der Waals surface area (Å²) in [6.45, 7) is 5.62. The third-order valence-electron chi connectivity index (χ3n) is 4.52. The molecule has 3 rings (SSSR count). The van der Waals surface area contributed by atoms with Gasteiger partial charge in [0.2, 0.25) is 0 Å². The minimum absolute atomic E-state index is 0.135. The molecule has 0 bridgehead atoms. The second-order valence-corrected chi connectivity index (χ2v) is 6.59. The molecule has 0 aromatic carbocycles. The number of nitrogens with zero attached hydrogens (tertiary/aromatic N) is 3. The molecule has 1 aromatic rings. The van der Waals surface area contributed by atoms with Gasteiger partial charge in [-0.05, 0) is 38.3 Å². The Labute approximate surface area is 136 Å². The highest BCUT2D eigenvalue weighted by Gasteiger charge is 2.39. The lowest BCUT2D eigenvalue weighted by molar-refractivity contribution is -0.162. The van der Waals surface area contributed by atoms with Crippen molar-refractivity contribution in [2.75, 3.05) is 37.7 Å². The van der Waals surface area contributed by atoms with E-state index in [1.54, 1.807) is 6.20 Å². The maximum absolute atomic E-state index is 12.7. The lowest BCUT2D eigenvalue weighted by Crippen LogP contribution is -2.56. The molecule has 2 aliphatic heterocycles. The van der Waals surface area contributed by atoms with E-state index >= 15 is 0 Å². The number of carbonyl (C=O) groups is 1. The number of hydrogen-bond donors (Lipinski definition) is 0. The second kappa shape index (κ2) is 6.42. The van der Waals surface area contributed by atoms with Crippen LogP contribution in [-0.4, -0.2) is 54.2 Å². The van der Waals surface area contributed by atoms with E-state index in [0.717, 1.165) is 38.2 Å². The largest absolute Gasteiger partial charge is 0.365 e. The Hall–Kier alpha value is -1.33. The van der Waals surface area contributed by atoms with Gasteiger partial charge in [0.05, 0.1) is 5.02 Å². The highest BCUT2D eigenvalue weighted by Crippen LogP contribution is 2.27. The fraction of sp³-hybridized carbons (Fsp3) is 0.625. The van der Waals surface area contributed by atoms with E-state index in [2.05, 4.69) is 9.88 Å². The topological polar surface area (TPSA) is 45.7 Å². The molecule has 120 valence electrons. The summed E-state index contributed by atoms with van der Waals surface area (Å²) in [5.41, 5.74) is -0.626. The minimum Gasteiger partial charge on any atom is -0.365 e. The summed E-state index contributed by atoms with van der Waals surface area (Å²) in [6.07, 6.45) is 4.60. The first-order chi connectivity index (χ1) is 10.6. The molecule has 0 unspecified atom stereocenters. The fourth-order valence-corrected chi connectivity index (χ4v) is 3.24. The lowest BCUT2D eigenvalue weighted by atomic mass is 9.94.